The average Bonchev–Trinajstić information content (AvgIpc) is 3.12. The number of hydrogen-bond acceptors (Lipinski definition) is 1. The molecule has 1 aromatic heterocycles. The number of rotatable bonds is 6. The van der Waals surface area contributed by atoms with Gasteiger partial charge in [0.15, 0.2) is 5.78 Å². The molecule has 4 aromatic rings. The van der Waals surface area contributed by atoms with E-state index in [1.807, 2.05) is 48.5 Å². The number of para-hydroxylation sites is 1. The maximum absolute atomic E-state index is 13.0. The van der Waals surface area contributed by atoms with E-state index in [-0.39, 0.29) is 11.7 Å². The number of Topliss-reactive ketones (excluding diaryl/α,β-unsaturated/α-hetero) is 1. The third kappa shape index (κ3) is 3.43. The molecule has 2 heteroatoms. The Balaban J connectivity index is 1.81. The summed E-state index contributed by atoms with van der Waals surface area (Å²) >= 11 is 0. The van der Waals surface area contributed by atoms with Crippen molar-refractivity contribution >= 4 is 16.7 Å². The van der Waals surface area contributed by atoms with E-state index >= 15 is 0 Å². The molecule has 1 atom stereocenters. The van der Waals surface area contributed by atoms with Gasteiger partial charge in [0.05, 0.1) is 0 Å². The number of benzene rings is 3. The number of carbonyl (C=O) groups excluding carboxylic acids is 1. The lowest BCUT2D eigenvalue weighted by Crippen LogP contribution is -2.09. The van der Waals surface area contributed by atoms with E-state index in [9.17, 15) is 4.79 Å². The largest absolute Gasteiger partial charge is 0.347 e. The molecule has 0 amide bonds. The molecule has 0 aliphatic carbocycles. The summed E-state index contributed by atoms with van der Waals surface area (Å²) < 4.78 is 2.27. The fourth-order valence-electron chi connectivity index (χ4n) is 3.83. The van der Waals surface area contributed by atoms with Crippen molar-refractivity contribution < 1.29 is 4.79 Å². The highest BCUT2D eigenvalue weighted by atomic mass is 16.1. The number of ketones is 1. The summed E-state index contributed by atoms with van der Waals surface area (Å²) in [4.78, 5) is 13.0. The maximum atomic E-state index is 13.0. The van der Waals surface area contributed by atoms with Gasteiger partial charge in [-0.2, -0.15) is 0 Å². The third-order valence-corrected chi connectivity index (χ3v) is 5.22. The van der Waals surface area contributed by atoms with Gasteiger partial charge in [0.1, 0.15) is 0 Å². The predicted octanol–water partition coefficient (Wildman–Crippen LogP) is 6.07. The van der Waals surface area contributed by atoms with E-state index in [1.165, 1.54) is 22.0 Å². The molecule has 0 bridgehead atoms. The molecule has 4 rings (SSSR count). The van der Waals surface area contributed by atoms with Gasteiger partial charge in [-0.25, -0.2) is 0 Å². The first-order valence-corrected chi connectivity index (χ1v) is 9.49. The zero-order valence-corrected chi connectivity index (χ0v) is 15.5. The summed E-state index contributed by atoms with van der Waals surface area (Å²) in [6.07, 6.45) is 2.69. The Bertz CT molecular complexity index is 1050. The SMILES string of the molecule is CCn1cc(C(CC(=O)c2ccccc2)c2ccccc2)c2ccccc21. The van der Waals surface area contributed by atoms with Gasteiger partial charge < -0.3 is 4.57 Å². The molecule has 27 heavy (non-hydrogen) atoms. The molecule has 0 aliphatic rings. The molecular formula is C25H23NO. The van der Waals surface area contributed by atoms with Crippen LogP contribution in [0.5, 0.6) is 0 Å². The van der Waals surface area contributed by atoms with Crippen LogP contribution in [0.4, 0.5) is 0 Å². The van der Waals surface area contributed by atoms with Crippen molar-refractivity contribution in [1.82, 2.24) is 4.57 Å². The summed E-state index contributed by atoms with van der Waals surface area (Å²) in [6.45, 7) is 3.07. The van der Waals surface area contributed by atoms with Crippen LogP contribution >= 0.6 is 0 Å². The van der Waals surface area contributed by atoms with Crippen LogP contribution in [0.1, 0.15) is 40.7 Å². The fraction of sp³-hybridized carbons (Fsp3) is 0.160. The van der Waals surface area contributed by atoms with E-state index in [2.05, 4.69) is 54.1 Å². The Hall–Kier alpha value is -3.13. The Morgan fingerprint density at radius 3 is 2.19 bits per heavy atom. The Kier molecular flexibility index (Phi) is 4.88. The van der Waals surface area contributed by atoms with Crippen molar-refractivity contribution in [3.8, 4) is 0 Å². The van der Waals surface area contributed by atoms with E-state index in [1.54, 1.807) is 0 Å². The molecular weight excluding hydrogens is 330 g/mol. The summed E-state index contributed by atoms with van der Waals surface area (Å²) in [5.74, 6) is 0.217. The molecule has 0 aliphatic heterocycles. The smallest absolute Gasteiger partial charge is 0.163 e. The molecule has 1 unspecified atom stereocenters. The zero-order valence-electron chi connectivity index (χ0n) is 15.5. The third-order valence-electron chi connectivity index (χ3n) is 5.22. The van der Waals surface area contributed by atoms with Crippen LogP contribution < -0.4 is 0 Å². The Labute approximate surface area is 160 Å². The second kappa shape index (κ2) is 7.63. The second-order valence-electron chi connectivity index (χ2n) is 6.84. The van der Waals surface area contributed by atoms with Crippen LogP contribution in [0.2, 0.25) is 0 Å². The zero-order chi connectivity index (χ0) is 18.6. The van der Waals surface area contributed by atoms with Gasteiger partial charge in [-0.05, 0) is 24.1 Å². The normalized spacial score (nSPS) is 12.2. The van der Waals surface area contributed by atoms with E-state index in [0.717, 1.165) is 12.1 Å². The molecule has 0 radical (unpaired) electrons. The topological polar surface area (TPSA) is 22.0 Å². The van der Waals surface area contributed by atoms with Crippen molar-refractivity contribution in [2.75, 3.05) is 0 Å². The lowest BCUT2D eigenvalue weighted by atomic mass is 9.85. The van der Waals surface area contributed by atoms with E-state index < -0.39 is 0 Å². The van der Waals surface area contributed by atoms with Gasteiger partial charge in [-0.1, -0.05) is 78.9 Å². The molecule has 0 saturated heterocycles. The molecule has 3 aromatic carbocycles. The molecule has 0 N–H and O–H groups in total. The minimum atomic E-state index is 0.0385. The van der Waals surface area contributed by atoms with Crippen LogP contribution in [-0.2, 0) is 6.54 Å². The molecule has 2 nitrogen and oxygen atoms in total. The fourth-order valence-corrected chi connectivity index (χ4v) is 3.83. The van der Waals surface area contributed by atoms with Crippen LogP contribution in [0.15, 0.2) is 91.1 Å². The van der Waals surface area contributed by atoms with E-state index in [4.69, 9.17) is 0 Å². The minimum absolute atomic E-state index is 0.0385. The Morgan fingerprint density at radius 1 is 0.852 bits per heavy atom. The molecule has 0 saturated carbocycles. The summed E-state index contributed by atoms with van der Waals surface area (Å²) in [5.41, 5.74) is 4.41. The highest BCUT2D eigenvalue weighted by molar-refractivity contribution is 5.97. The van der Waals surface area contributed by atoms with Crippen LogP contribution in [0.3, 0.4) is 0 Å². The van der Waals surface area contributed by atoms with Gasteiger partial charge in [0.25, 0.3) is 0 Å². The number of fused-ring (bicyclic) bond motifs is 1. The van der Waals surface area contributed by atoms with Gasteiger partial charge in [0, 0.05) is 41.5 Å². The van der Waals surface area contributed by atoms with E-state index in [0.29, 0.717) is 6.42 Å². The number of aromatic nitrogens is 1. The summed E-state index contributed by atoms with van der Waals surface area (Å²) in [5, 5.41) is 1.23. The highest BCUT2D eigenvalue weighted by Crippen LogP contribution is 2.35. The van der Waals surface area contributed by atoms with Gasteiger partial charge >= 0.3 is 0 Å². The standard InChI is InChI=1S/C25H23NO/c1-2-26-18-23(21-15-9-10-16-24(21)26)22(19-11-5-3-6-12-19)17-25(27)20-13-7-4-8-14-20/h3-16,18,22H,2,17H2,1H3. The molecule has 0 fully saturated rings. The quantitative estimate of drug-likeness (QED) is 0.386. The molecule has 134 valence electrons. The number of carbonyl (C=O) groups is 1. The summed E-state index contributed by atoms with van der Waals surface area (Å²) in [7, 11) is 0. The van der Waals surface area contributed by atoms with Crippen molar-refractivity contribution in [3.63, 3.8) is 0 Å². The predicted molar refractivity (Wildman–Crippen MR) is 111 cm³/mol. The Morgan fingerprint density at radius 2 is 1.48 bits per heavy atom. The van der Waals surface area contributed by atoms with Crippen molar-refractivity contribution in [2.45, 2.75) is 25.8 Å². The number of nitrogens with zero attached hydrogens (tertiary/aromatic N) is 1. The van der Waals surface area contributed by atoms with Gasteiger partial charge in [0.2, 0.25) is 0 Å². The monoisotopic (exact) mass is 353 g/mol. The van der Waals surface area contributed by atoms with Crippen molar-refractivity contribution in [1.29, 1.82) is 0 Å². The minimum Gasteiger partial charge on any atom is -0.347 e. The maximum Gasteiger partial charge on any atom is 0.163 e. The molecule has 0 spiro atoms. The first-order valence-electron chi connectivity index (χ1n) is 9.49. The first-order chi connectivity index (χ1) is 13.3. The number of hydrogen-bond donors (Lipinski definition) is 0. The lowest BCUT2D eigenvalue weighted by molar-refractivity contribution is 0.0978. The molecule has 1 heterocycles. The van der Waals surface area contributed by atoms with Crippen LogP contribution in [0, 0.1) is 0 Å². The van der Waals surface area contributed by atoms with Crippen molar-refractivity contribution in [2.24, 2.45) is 0 Å². The lowest BCUT2D eigenvalue weighted by Gasteiger charge is -2.17. The highest BCUT2D eigenvalue weighted by Gasteiger charge is 2.23. The van der Waals surface area contributed by atoms with Crippen LogP contribution in [-0.4, -0.2) is 10.4 Å². The number of aryl methyl sites for hydroxylation is 1. The van der Waals surface area contributed by atoms with Gasteiger partial charge in [-0.15, -0.1) is 0 Å². The van der Waals surface area contributed by atoms with Crippen LogP contribution in [0.25, 0.3) is 10.9 Å². The van der Waals surface area contributed by atoms with Gasteiger partial charge in [-0.3, -0.25) is 4.79 Å². The first kappa shape index (κ1) is 17.3. The average molecular weight is 353 g/mol. The van der Waals surface area contributed by atoms with Crippen molar-refractivity contribution in [3.05, 3.63) is 108 Å². The second-order valence-corrected chi connectivity index (χ2v) is 6.84. The summed E-state index contributed by atoms with van der Waals surface area (Å²) in [6, 6.07) is 28.4.